The molecule has 2 heterocycles. The summed E-state index contributed by atoms with van der Waals surface area (Å²) >= 11 is 0. The smallest absolute Gasteiger partial charge is 0.323 e. The van der Waals surface area contributed by atoms with E-state index in [1.165, 1.54) is 0 Å². The molecule has 21 heavy (non-hydrogen) atoms. The van der Waals surface area contributed by atoms with Crippen LogP contribution in [-0.2, 0) is 6.42 Å². The zero-order chi connectivity index (χ0) is 15.2. The molecule has 0 saturated carbocycles. The average molecular weight is 292 g/mol. The minimum absolute atomic E-state index is 0.0357. The van der Waals surface area contributed by atoms with E-state index in [4.69, 9.17) is 15.0 Å². The maximum atomic E-state index is 5.47. The summed E-state index contributed by atoms with van der Waals surface area (Å²) in [4.78, 5) is 12.4. The number of anilines is 2. The number of furan rings is 1. The van der Waals surface area contributed by atoms with Gasteiger partial charge in [-0.05, 0) is 32.9 Å². The van der Waals surface area contributed by atoms with Gasteiger partial charge < -0.3 is 14.5 Å². The van der Waals surface area contributed by atoms with Gasteiger partial charge in [-0.3, -0.25) is 5.43 Å². The zero-order valence-electron chi connectivity index (χ0n) is 12.3. The lowest BCUT2D eigenvalue weighted by molar-refractivity contribution is 0.222. The van der Waals surface area contributed by atoms with Crippen molar-refractivity contribution in [3.05, 3.63) is 24.2 Å². The lowest BCUT2D eigenvalue weighted by Gasteiger charge is -2.14. The van der Waals surface area contributed by atoms with Gasteiger partial charge in [0.05, 0.1) is 12.4 Å². The molecule has 1 atom stereocenters. The second-order valence-electron chi connectivity index (χ2n) is 4.91. The highest BCUT2D eigenvalue weighted by atomic mass is 16.5. The maximum Gasteiger partial charge on any atom is 0.323 e. The normalized spacial score (nSPS) is 12.2. The second-order valence-corrected chi connectivity index (χ2v) is 4.91. The molecule has 2 aromatic rings. The molecule has 0 bridgehead atoms. The molecule has 2 rings (SSSR count). The number of nitrogens with two attached hydrogens (primary N) is 1. The fourth-order valence-corrected chi connectivity index (χ4v) is 1.75. The lowest BCUT2D eigenvalue weighted by atomic mass is 10.2. The Labute approximate surface area is 123 Å². The summed E-state index contributed by atoms with van der Waals surface area (Å²) in [5.74, 6) is 6.89. The molecule has 0 aromatic carbocycles. The first kappa shape index (κ1) is 15.0. The van der Waals surface area contributed by atoms with Crippen LogP contribution >= 0.6 is 0 Å². The van der Waals surface area contributed by atoms with E-state index in [0.717, 1.165) is 5.76 Å². The number of hydrogen-bond donors (Lipinski definition) is 3. The molecule has 0 saturated heterocycles. The van der Waals surface area contributed by atoms with Crippen LogP contribution in [0.15, 0.2) is 22.8 Å². The summed E-state index contributed by atoms with van der Waals surface area (Å²) in [6, 6.07) is 4.08. The van der Waals surface area contributed by atoms with Gasteiger partial charge in [-0.1, -0.05) is 0 Å². The van der Waals surface area contributed by atoms with Gasteiger partial charge in [-0.25, -0.2) is 5.84 Å². The topological polar surface area (TPSA) is 111 Å². The predicted octanol–water partition coefficient (Wildman–Crippen LogP) is 1.58. The van der Waals surface area contributed by atoms with Gasteiger partial charge in [0.25, 0.3) is 0 Å². The second kappa shape index (κ2) is 6.89. The number of hydrogen-bond acceptors (Lipinski definition) is 8. The molecule has 4 N–H and O–H groups in total. The molecular formula is C13H20N6O2. The van der Waals surface area contributed by atoms with Gasteiger partial charge in [-0.15, -0.1) is 0 Å². The van der Waals surface area contributed by atoms with E-state index in [-0.39, 0.29) is 24.1 Å². The fraction of sp³-hybridized carbons (Fsp3) is 0.462. The molecule has 0 aliphatic carbocycles. The minimum Gasteiger partial charge on any atom is -0.469 e. The number of nitrogens with one attached hydrogen (secondary N) is 2. The highest BCUT2D eigenvalue weighted by Crippen LogP contribution is 2.14. The molecule has 114 valence electrons. The van der Waals surface area contributed by atoms with Gasteiger partial charge in [0.1, 0.15) is 5.76 Å². The van der Waals surface area contributed by atoms with Crippen LogP contribution in [-0.4, -0.2) is 27.1 Å². The summed E-state index contributed by atoms with van der Waals surface area (Å²) < 4.78 is 10.8. The Hall–Kier alpha value is -2.35. The number of nitrogen functional groups attached to an aromatic ring is 1. The summed E-state index contributed by atoms with van der Waals surface area (Å²) in [6.07, 6.45) is 2.33. The Balaban J connectivity index is 2.07. The van der Waals surface area contributed by atoms with Crippen molar-refractivity contribution in [3.8, 4) is 6.01 Å². The molecule has 2 aromatic heterocycles. The van der Waals surface area contributed by atoms with Crippen LogP contribution in [0, 0.1) is 0 Å². The van der Waals surface area contributed by atoms with Crippen LogP contribution in [0.5, 0.6) is 6.01 Å². The first-order chi connectivity index (χ1) is 10.1. The standard InChI is InChI=1S/C13H20N6O2/c1-8(2)21-13-17-11(16-12(18-13)19-14)15-9(3)7-10-5-4-6-20-10/h4-6,8-9H,7,14H2,1-3H3,(H2,15,16,17,18,19). The van der Waals surface area contributed by atoms with Gasteiger partial charge in [0.15, 0.2) is 0 Å². The van der Waals surface area contributed by atoms with E-state index >= 15 is 0 Å². The molecule has 0 amide bonds. The van der Waals surface area contributed by atoms with E-state index < -0.39 is 0 Å². The van der Waals surface area contributed by atoms with Crippen molar-refractivity contribution < 1.29 is 9.15 Å². The summed E-state index contributed by atoms with van der Waals surface area (Å²) in [7, 11) is 0. The van der Waals surface area contributed by atoms with Crippen LogP contribution in [0.2, 0.25) is 0 Å². The molecule has 8 heteroatoms. The van der Waals surface area contributed by atoms with Crippen LogP contribution in [0.4, 0.5) is 11.9 Å². The van der Waals surface area contributed by atoms with E-state index in [0.29, 0.717) is 12.4 Å². The number of aromatic nitrogens is 3. The number of nitrogens with zero attached hydrogens (tertiary/aromatic N) is 3. The Morgan fingerprint density at radius 2 is 2.00 bits per heavy atom. The monoisotopic (exact) mass is 292 g/mol. The lowest BCUT2D eigenvalue weighted by Crippen LogP contribution is -2.22. The van der Waals surface area contributed by atoms with E-state index in [1.54, 1.807) is 6.26 Å². The molecule has 0 radical (unpaired) electrons. The number of rotatable bonds is 7. The molecule has 0 aliphatic heterocycles. The SMILES string of the molecule is CC(Cc1ccco1)Nc1nc(NN)nc(OC(C)C)n1. The molecular weight excluding hydrogens is 272 g/mol. The highest BCUT2D eigenvalue weighted by Gasteiger charge is 2.12. The Morgan fingerprint density at radius 3 is 2.62 bits per heavy atom. The van der Waals surface area contributed by atoms with Crippen molar-refractivity contribution >= 4 is 11.9 Å². The Morgan fingerprint density at radius 1 is 1.24 bits per heavy atom. The van der Waals surface area contributed by atoms with Crippen molar-refractivity contribution in [1.29, 1.82) is 0 Å². The number of hydrazine groups is 1. The van der Waals surface area contributed by atoms with Crippen LogP contribution in [0.25, 0.3) is 0 Å². The predicted molar refractivity (Wildman–Crippen MR) is 78.9 cm³/mol. The third-order valence-corrected chi connectivity index (χ3v) is 2.55. The van der Waals surface area contributed by atoms with Crippen LogP contribution in [0.1, 0.15) is 26.5 Å². The molecule has 0 aliphatic rings. The highest BCUT2D eigenvalue weighted by molar-refractivity contribution is 5.35. The van der Waals surface area contributed by atoms with Crippen molar-refractivity contribution in [2.24, 2.45) is 5.84 Å². The van der Waals surface area contributed by atoms with Crippen LogP contribution < -0.4 is 21.3 Å². The van der Waals surface area contributed by atoms with Gasteiger partial charge in [0, 0.05) is 12.5 Å². The van der Waals surface area contributed by atoms with Crippen molar-refractivity contribution in [2.75, 3.05) is 10.7 Å². The zero-order valence-corrected chi connectivity index (χ0v) is 12.3. The van der Waals surface area contributed by atoms with Crippen molar-refractivity contribution in [1.82, 2.24) is 15.0 Å². The quantitative estimate of drug-likeness (QED) is 0.521. The van der Waals surface area contributed by atoms with E-state index in [9.17, 15) is 0 Å². The van der Waals surface area contributed by atoms with E-state index in [2.05, 4.69) is 25.7 Å². The van der Waals surface area contributed by atoms with Crippen molar-refractivity contribution in [3.63, 3.8) is 0 Å². The minimum atomic E-state index is -0.0357. The maximum absolute atomic E-state index is 5.47. The third-order valence-electron chi connectivity index (χ3n) is 2.55. The summed E-state index contributed by atoms with van der Waals surface area (Å²) in [5, 5.41) is 3.17. The summed E-state index contributed by atoms with van der Waals surface area (Å²) in [5.41, 5.74) is 2.40. The molecule has 0 spiro atoms. The van der Waals surface area contributed by atoms with E-state index in [1.807, 2.05) is 32.9 Å². The molecule has 8 nitrogen and oxygen atoms in total. The van der Waals surface area contributed by atoms with Gasteiger partial charge >= 0.3 is 6.01 Å². The van der Waals surface area contributed by atoms with Crippen molar-refractivity contribution in [2.45, 2.75) is 39.3 Å². The Bertz CT molecular complexity index is 558. The van der Waals surface area contributed by atoms with Gasteiger partial charge in [0.2, 0.25) is 11.9 Å². The Kier molecular flexibility index (Phi) is 4.94. The van der Waals surface area contributed by atoms with Gasteiger partial charge in [-0.2, -0.15) is 15.0 Å². The fourth-order valence-electron chi connectivity index (χ4n) is 1.75. The molecule has 1 unspecified atom stereocenters. The average Bonchev–Trinajstić information content (AvgIpc) is 2.90. The largest absolute Gasteiger partial charge is 0.469 e. The molecule has 0 fully saturated rings. The van der Waals surface area contributed by atoms with Crippen LogP contribution in [0.3, 0.4) is 0 Å². The number of ether oxygens (including phenoxy) is 1. The summed E-state index contributed by atoms with van der Waals surface area (Å²) in [6.45, 7) is 5.79. The first-order valence-electron chi connectivity index (χ1n) is 6.75. The third kappa shape index (κ3) is 4.60. The first-order valence-corrected chi connectivity index (χ1v) is 6.75.